The number of rotatable bonds is 6. The Labute approximate surface area is 137 Å². The molecule has 0 aliphatic rings. The van der Waals surface area contributed by atoms with E-state index in [1.165, 1.54) is 12.8 Å². The van der Waals surface area contributed by atoms with Crippen LogP contribution in [-0.2, 0) is 0 Å². The maximum Gasteiger partial charge on any atom is 0.171 e. The van der Waals surface area contributed by atoms with E-state index in [1.807, 2.05) is 6.07 Å². The van der Waals surface area contributed by atoms with E-state index in [0.29, 0.717) is 21.2 Å². The van der Waals surface area contributed by atoms with Crippen LogP contribution in [0.25, 0.3) is 0 Å². The molecule has 1 rings (SSSR count). The second-order valence-electron chi connectivity index (χ2n) is 5.45. The minimum Gasteiger partial charge on any atom is -0.360 e. The number of anilines is 1. The van der Waals surface area contributed by atoms with Crippen LogP contribution in [0.3, 0.4) is 0 Å². The Kier molecular flexibility index (Phi) is 7.63. The van der Waals surface area contributed by atoms with Gasteiger partial charge in [0.25, 0.3) is 0 Å². The van der Waals surface area contributed by atoms with Crippen molar-refractivity contribution in [2.45, 2.75) is 46.1 Å². The molecule has 1 atom stereocenters. The summed E-state index contributed by atoms with van der Waals surface area (Å²) in [4.78, 5) is 0. The minimum absolute atomic E-state index is 0.347. The lowest BCUT2D eigenvalue weighted by Gasteiger charge is -2.18. The highest BCUT2D eigenvalue weighted by atomic mass is 35.5. The van der Waals surface area contributed by atoms with E-state index in [0.717, 1.165) is 18.0 Å². The lowest BCUT2D eigenvalue weighted by Crippen LogP contribution is -2.35. The number of hydrogen-bond donors (Lipinski definition) is 2. The van der Waals surface area contributed by atoms with Gasteiger partial charge in [-0.15, -0.1) is 0 Å². The zero-order valence-electron chi connectivity index (χ0n) is 12.2. The van der Waals surface area contributed by atoms with Crippen molar-refractivity contribution in [1.29, 1.82) is 0 Å². The molecule has 0 spiro atoms. The molecule has 0 saturated carbocycles. The highest BCUT2D eigenvalue weighted by Crippen LogP contribution is 2.25. The Hall–Kier alpha value is -0.510. The van der Waals surface area contributed by atoms with Crippen molar-refractivity contribution in [3.63, 3.8) is 0 Å². The largest absolute Gasteiger partial charge is 0.360 e. The Morgan fingerprint density at radius 2 is 1.90 bits per heavy atom. The average Bonchev–Trinajstić information content (AvgIpc) is 2.32. The first-order chi connectivity index (χ1) is 9.38. The Balaban J connectivity index is 2.39. The van der Waals surface area contributed by atoms with Crippen LogP contribution in [0, 0.1) is 5.92 Å². The Morgan fingerprint density at radius 1 is 1.20 bits per heavy atom. The van der Waals surface area contributed by atoms with E-state index >= 15 is 0 Å². The third-order valence-electron chi connectivity index (χ3n) is 2.98. The van der Waals surface area contributed by atoms with Gasteiger partial charge in [0.05, 0.1) is 10.7 Å². The molecule has 0 radical (unpaired) electrons. The molecule has 2 nitrogen and oxygen atoms in total. The predicted molar refractivity (Wildman–Crippen MR) is 94.0 cm³/mol. The van der Waals surface area contributed by atoms with Gasteiger partial charge in [-0.25, -0.2) is 0 Å². The van der Waals surface area contributed by atoms with Crippen LogP contribution in [0.2, 0.25) is 10.0 Å². The summed E-state index contributed by atoms with van der Waals surface area (Å²) >= 11 is 17.2. The molecule has 2 N–H and O–H groups in total. The molecule has 0 heterocycles. The Bertz CT molecular complexity index is 449. The predicted octanol–water partition coefficient (Wildman–Crippen LogP) is 5.49. The molecule has 112 valence electrons. The van der Waals surface area contributed by atoms with E-state index in [2.05, 4.69) is 31.4 Å². The molecule has 1 unspecified atom stereocenters. The first-order valence-corrected chi connectivity index (χ1v) is 8.07. The Morgan fingerprint density at radius 3 is 2.50 bits per heavy atom. The number of benzene rings is 1. The van der Waals surface area contributed by atoms with Gasteiger partial charge in [0.2, 0.25) is 0 Å². The van der Waals surface area contributed by atoms with Crippen LogP contribution in [0.1, 0.15) is 40.0 Å². The maximum atomic E-state index is 6.09. The summed E-state index contributed by atoms with van der Waals surface area (Å²) in [6.07, 6.45) is 3.56. The monoisotopic (exact) mass is 332 g/mol. The number of hydrogen-bond acceptors (Lipinski definition) is 1. The van der Waals surface area contributed by atoms with E-state index in [4.69, 9.17) is 35.4 Å². The summed E-state index contributed by atoms with van der Waals surface area (Å²) in [6, 6.07) is 5.65. The lowest BCUT2D eigenvalue weighted by molar-refractivity contribution is 0.495. The minimum atomic E-state index is 0.347. The maximum absolute atomic E-state index is 6.09. The molecule has 0 fully saturated rings. The molecule has 1 aromatic rings. The molecule has 0 aromatic heterocycles. The van der Waals surface area contributed by atoms with Crippen molar-refractivity contribution < 1.29 is 0 Å². The SMILES string of the molecule is CC(C)CCCC(C)NC(=S)Nc1ccc(Cl)cc1Cl. The molecule has 0 saturated heterocycles. The van der Waals surface area contributed by atoms with Crippen molar-refractivity contribution in [3.05, 3.63) is 28.2 Å². The fourth-order valence-electron chi connectivity index (χ4n) is 1.88. The van der Waals surface area contributed by atoms with Gasteiger partial charge in [-0.3, -0.25) is 0 Å². The number of halogens is 2. The topological polar surface area (TPSA) is 24.1 Å². The zero-order valence-corrected chi connectivity index (χ0v) is 14.5. The van der Waals surface area contributed by atoms with Crippen molar-refractivity contribution in [2.75, 3.05) is 5.32 Å². The van der Waals surface area contributed by atoms with Gasteiger partial charge < -0.3 is 10.6 Å². The van der Waals surface area contributed by atoms with Gasteiger partial charge >= 0.3 is 0 Å². The molecule has 0 aliphatic carbocycles. The second-order valence-corrected chi connectivity index (χ2v) is 6.70. The summed E-state index contributed by atoms with van der Waals surface area (Å²) < 4.78 is 0. The van der Waals surface area contributed by atoms with Gasteiger partial charge in [-0.05, 0) is 49.7 Å². The average molecular weight is 333 g/mol. The third-order valence-corrected chi connectivity index (χ3v) is 3.74. The first-order valence-electron chi connectivity index (χ1n) is 6.91. The van der Waals surface area contributed by atoms with Crippen LogP contribution >= 0.6 is 35.4 Å². The third kappa shape index (κ3) is 6.78. The number of nitrogens with one attached hydrogen (secondary N) is 2. The van der Waals surface area contributed by atoms with Crippen molar-refractivity contribution in [2.24, 2.45) is 5.92 Å². The number of thiocarbonyl (C=S) groups is 1. The van der Waals surface area contributed by atoms with Gasteiger partial charge in [0, 0.05) is 11.1 Å². The van der Waals surface area contributed by atoms with E-state index in [9.17, 15) is 0 Å². The van der Waals surface area contributed by atoms with E-state index in [-0.39, 0.29) is 0 Å². The van der Waals surface area contributed by atoms with Crippen LogP contribution in [0.4, 0.5) is 5.69 Å². The summed E-state index contributed by atoms with van der Waals surface area (Å²) in [5.74, 6) is 0.750. The molecule has 0 bridgehead atoms. The van der Waals surface area contributed by atoms with Crippen LogP contribution in [0.5, 0.6) is 0 Å². The molecule has 5 heteroatoms. The molecular formula is C15H22Cl2N2S. The van der Waals surface area contributed by atoms with Gasteiger partial charge in [-0.2, -0.15) is 0 Å². The standard InChI is InChI=1S/C15H22Cl2N2S/c1-10(2)5-4-6-11(3)18-15(20)19-14-8-7-12(16)9-13(14)17/h7-11H,4-6H2,1-3H3,(H2,18,19,20). The van der Waals surface area contributed by atoms with Crippen molar-refractivity contribution in [1.82, 2.24) is 5.32 Å². The summed E-state index contributed by atoms with van der Waals surface area (Å²) in [5, 5.41) is 8.14. The highest BCUT2D eigenvalue weighted by molar-refractivity contribution is 7.80. The molecule has 0 aliphatic heterocycles. The molecule has 0 amide bonds. The second kappa shape index (κ2) is 8.71. The van der Waals surface area contributed by atoms with Crippen LogP contribution < -0.4 is 10.6 Å². The van der Waals surface area contributed by atoms with Crippen LogP contribution in [0.15, 0.2) is 18.2 Å². The summed E-state index contributed by atoms with van der Waals surface area (Å²) in [6.45, 7) is 6.62. The van der Waals surface area contributed by atoms with Crippen molar-refractivity contribution >= 4 is 46.2 Å². The molecule has 20 heavy (non-hydrogen) atoms. The van der Waals surface area contributed by atoms with Gasteiger partial charge in [0.1, 0.15) is 0 Å². The summed E-state index contributed by atoms with van der Waals surface area (Å²) in [7, 11) is 0. The van der Waals surface area contributed by atoms with Gasteiger partial charge in [-0.1, -0.05) is 49.9 Å². The van der Waals surface area contributed by atoms with E-state index < -0.39 is 0 Å². The van der Waals surface area contributed by atoms with Crippen molar-refractivity contribution in [3.8, 4) is 0 Å². The fraction of sp³-hybridized carbons (Fsp3) is 0.533. The lowest BCUT2D eigenvalue weighted by atomic mass is 10.0. The normalized spacial score (nSPS) is 12.3. The molecular weight excluding hydrogens is 311 g/mol. The highest BCUT2D eigenvalue weighted by Gasteiger charge is 2.07. The smallest absolute Gasteiger partial charge is 0.171 e. The van der Waals surface area contributed by atoms with E-state index in [1.54, 1.807) is 12.1 Å². The fourth-order valence-corrected chi connectivity index (χ4v) is 2.64. The quantitative estimate of drug-likeness (QED) is 0.673. The summed E-state index contributed by atoms with van der Waals surface area (Å²) in [5.41, 5.74) is 0.767. The van der Waals surface area contributed by atoms with Crippen LogP contribution in [-0.4, -0.2) is 11.2 Å². The zero-order chi connectivity index (χ0) is 15.1. The first kappa shape index (κ1) is 17.5. The molecule has 1 aromatic carbocycles. The van der Waals surface area contributed by atoms with Gasteiger partial charge in [0.15, 0.2) is 5.11 Å².